The first kappa shape index (κ1) is 22.9. The zero-order chi connectivity index (χ0) is 22.0. The van der Waals surface area contributed by atoms with Crippen LogP contribution in [0.2, 0.25) is 0 Å². The summed E-state index contributed by atoms with van der Waals surface area (Å²) < 4.78 is 52.3. The van der Waals surface area contributed by atoms with Gasteiger partial charge in [-0.1, -0.05) is 19.9 Å². The fraction of sp³-hybridized carbons (Fsp3) is 0.429. The number of rotatable bonds is 8. The van der Waals surface area contributed by atoms with Gasteiger partial charge in [-0.15, -0.1) is 0 Å². The molecule has 0 unspecified atom stereocenters. The van der Waals surface area contributed by atoms with E-state index >= 15 is 0 Å². The van der Waals surface area contributed by atoms with Crippen molar-refractivity contribution in [1.29, 1.82) is 5.41 Å². The predicted molar refractivity (Wildman–Crippen MR) is 114 cm³/mol. The van der Waals surface area contributed by atoms with Crippen LogP contribution in [0.3, 0.4) is 0 Å². The van der Waals surface area contributed by atoms with Gasteiger partial charge in [-0.3, -0.25) is 4.72 Å². The summed E-state index contributed by atoms with van der Waals surface area (Å²) >= 11 is 0. The highest BCUT2D eigenvalue weighted by Crippen LogP contribution is 2.31. The molecule has 2 aromatic rings. The standard InChI is InChI=1S/C21H27F2N3O2S/c1-13(2)19-11-16(10-17(12-24)14(19)3)18-6-7-20(25-15(18)4)26-29(27,28)9-8-21(5,22)23/h6-7,10-13,24H,8-9H2,1-5H3,(H,25,26). The third-order valence-electron chi connectivity index (χ3n) is 4.73. The molecule has 0 aliphatic rings. The molecule has 0 atom stereocenters. The molecule has 2 N–H and O–H groups in total. The molecule has 0 radical (unpaired) electrons. The van der Waals surface area contributed by atoms with Crippen molar-refractivity contribution in [1.82, 2.24) is 4.98 Å². The number of halogens is 2. The summed E-state index contributed by atoms with van der Waals surface area (Å²) in [7, 11) is -3.92. The van der Waals surface area contributed by atoms with Gasteiger partial charge in [0.1, 0.15) is 5.82 Å². The first-order valence-electron chi connectivity index (χ1n) is 9.34. The lowest BCUT2D eigenvalue weighted by Gasteiger charge is -2.17. The van der Waals surface area contributed by atoms with Gasteiger partial charge in [0.25, 0.3) is 0 Å². The van der Waals surface area contributed by atoms with E-state index in [-0.39, 0.29) is 11.7 Å². The Kier molecular flexibility index (Phi) is 6.78. The number of sulfonamides is 1. The van der Waals surface area contributed by atoms with Crippen LogP contribution in [0.15, 0.2) is 24.3 Å². The lowest BCUT2D eigenvalue weighted by molar-refractivity contribution is 0.0189. The van der Waals surface area contributed by atoms with E-state index < -0.39 is 28.1 Å². The molecule has 0 fully saturated rings. The molecule has 0 saturated carbocycles. The second-order valence-corrected chi connectivity index (χ2v) is 9.49. The van der Waals surface area contributed by atoms with E-state index in [1.165, 1.54) is 12.3 Å². The van der Waals surface area contributed by atoms with Gasteiger partial charge in [-0.25, -0.2) is 22.2 Å². The molecule has 0 aliphatic heterocycles. The molecule has 1 heterocycles. The van der Waals surface area contributed by atoms with Crippen LogP contribution < -0.4 is 4.72 Å². The third kappa shape index (κ3) is 6.06. The van der Waals surface area contributed by atoms with Gasteiger partial charge in [0, 0.05) is 23.9 Å². The van der Waals surface area contributed by atoms with Crippen LogP contribution in [-0.2, 0) is 10.0 Å². The number of aryl methyl sites for hydroxylation is 1. The van der Waals surface area contributed by atoms with Gasteiger partial charge in [0.05, 0.1) is 5.75 Å². The Hall–Kier alpha value is -2.35. The number of nitrogens with zero attached hydrogens (tertiary/aromatic N) is 1. The largest absolute Gasteiger partial charge is 0.308 e. The number of pyridine rings is 1. The second-order valence-electron chi connectivity index (χ2n) is 7.65. The topological polar surface area (TPSA) is 82.9 Å². The highest BCUT2D eigenvalue weighted by molar-refractivity contribution is 7.92. The fourth-order valence-electron chi connectivity index (χ4n) is 3.11. The smallest absolute Gasteiger partial charge is 0.246 e. The van der Waals surface area contributed by atoms with Gasteiger partial charge >= 0.3 is 0 Å². The summed E-state index contributed by atoms with van der Waals surface area (Å²) in [5, 5.41) is 7.68. The number of hydrogen-bond acceptors (Lipinski definition) is 4. The van der Waals surface area contributed by atoms with E-state index in [9.17, 15) is 17.2 Å². The van der Waals surface area contributed by atoms with Crippen molar-refractivity contribution < 1.29 is 17.2 Å². The van der Waals surface area contributed by atoms with Crippen LogP contribution in [0.1, 0.15) is 55.5 Å². The van der Waals surface area contributed by atoms with Crippen molar-refractivity contribution >= 4 is 22.1 Å². The maximum atomic E-state index is 13.0. The zero-order valence-electron chi connectivity index (χ0n) is 17.3. The first-order valence-corrected chi connectivity index (χ1v) is 11.0. The molecule has 0 amide bonds. The molecule has 2 rings (SSSR count). The van der Waals surface area contributed by atoms with Crippen LogP contribution >= 0.6 is 0 Å². The van der Waals surface area contributed by atoms with E-state index in [4.69, 9.17) is 5.41 Å². The third-order valence-corrected chi connectivity index (χ3v) is 5.99. The van der Waals surface area contributed by atoms with Gasteiger partial charge in [0.15, 0.2) is 0 Å². The molecular formula is C21H27F2N3O2S. The maximum Gasteiger partial charge on any atom is 0.246 e. The highest BCUT2D eigenvalue weighted by atomic mass is 32.2. The van der Waals surface area contributed by atoms with Crippen molar-refractivity contribution in [2.24, 2.45) is 0 Å². The number of anilines is 1. The molecule has 0 saturated heterocycles. The van der Waals surface area contributed by atoms with Crippen LogP contribution in [0.4, 0.5) is 14.6 Å². The molecule has 0 aliphatic carbocycles. The fourth-order valence-corrected chi connectivity index (χ4v) is 4.27. The van der Waals surface area contributed by atoms with Crippen molar-refractivity contribution in [2.45, 2.75) is 52.9 Å². The monoisotopic (exact) mass is 423 g/mol. The van der Waals surface area contributed by atoms with Crippen molar-refractivity contribution in [2.75, 3.05) is 10.5 Å². The molecule has 0 spiro atoms. The van der Waals surface area contributed by atoms with Crippen molar-refractivity contribution in [3.63, 3.8) is 0 Å². The molecule has 0 bridgehead atoms. The summed E-state index contributed by atoms with van der Waals surface area (Å²) in [5.41, 5.74) is 5.31. The second kappa shape index (κ2) is 8.57. The van der Waals surface area contributed by atoms with Crippen molar-refractivity contribution in [3.05, 3.63) is 46.6 Å². The highest BCUT2D eigenvalue weighted by Gasteiger charge is 2.25. The van der Waals surface area contributed by atoms with E-state index in [0.717, 1.165) is 27.8 Å². The molecule has 8 heteroatoms. The summed E-state index contributed by atoms with van der Waals surface area (Å²) in [6.45, 7) is 8.61. The number of alkyl halides is 2. The summed E-state index contributed by atoms with van der Waals surface area (Å²) in [6.07, 6.45) is 0.562. The molecular weight excluding hydrogens is 396 g/mol. The number of benzene rings is 1. The zero-order valence-corrected chi connectivity index (χ0v) is 18.1. The average molecular weight is 424 g/mol. The van der Waals surface area contributed by atoms with E-state index in [1.807, 2.05) is 13.0 Å². The predicted octanol–water partition coefficient (Wildman–Crippen LogP) is 5.27. The van der Waals surface area contributed by atoms with E-state index in [0.29, 0.717) is 12.6 Å². The van der Waals surface area contributed by atoms with Crippen LogP contribution in [0.5, 0.6) is 0 Å². The molecule has 158 valence electrons. The quantitative estimate of drug-likeness (QED) is 0.567. The van der Waals surface area contributed by atoms with Crippen LogP contribution in [0.25, 0.3) is 11.1 Å². The minimum atomic E-state index is -3.92. The summed E-state index contributed by atoms with van der Waals surface area (Å²) in [4.78, 5) is 4.30. The molecule has 5 nitrogen and oxygen atoms in total. The molecule has 1 aromatic heterocycles. The molecule has 1 aromatic carbocycles. The first-order chi connectivity index (χ1) is 13.3. The summed E-state index contributed by atoms with van der Waals surface area (Å²) in [5.74, 6) is -3.36. The Morgan fingerprint density at radius 2 is 1.90 bits per heavy atom. The van der Waals surface area contributed by atoms with E-state index in [2.05, 4.69) is 29.6 Å². The number of nitrogens with one attached hydrogen (secondary N) is 2. The van der Waals surface area contributed by atoms with Gasteiger partial charge < -0.3 is 5.41 Å². The van der Waals surface area contributed by atoms with Crippen molar-refractivity contribution in [3.8, 4) is 11.1 Å². The Bertz CT molecular complexity index is 1010. The Morgan fingerprint density at radius 1 is 1.24 bits per heavy atom. The van der Waals surface area contributed by atoms with E-state index in [1.54, 1.807) is 13.0 Å². The lowest BCUT2D eigenvalue weighted by Crippen LogP contribution is -2.23. The number of hydrogen-bond donors (Lipinski definition) is 2. The minimum Gasteiger partial charge on any atom is -0.308 e. The minimum absolute atomic E-state index is 0.0918. The SMILES string of the molecule is Cc1nc(NS(=O)(=O)CCC(C)(F)F)ccc1-c1cc(C=N)c(C)c(C(C)C)c1. The maximum absolute atomic E-state index is 13.0. The Balaban J connectivity index is 2.35. The lowest BCUT2D eigenvalue weighted by atomic mass is 9.90. The van der Waals surface area contributed by atoms with Gasteiger partial charge in [0.2, 0.25) is 15.9 Å². The average Bonchev–Trinajstić information content (AvgIpc) is 2.59. The normalized spacial score (nSPS) is 12.3. The van der Waals surface area contributed by atoms with Crippen LogP contribution in [0, 0.1) is 19.3 Å². The Labute approximate surface area is 171 Å². The summed E-state index contributed by atoms with van der Waals surface area (Å²) in [6, 6.07) is 7.23. The number of aromatic nitrogens is 1. The van der Waals surface area contributed by atoms with Crippen LogP contribution in [-0.4, -0.2) is 31.3 Å². The van der Waals surface area contributed by atoms with Gasteiger partial charge in [-0.2, -0.15) is 0 Å². The molecule has 29 heavy (non-hydrogen) atoms. The van der Waals surface area contributed by atoms with Gasteiger partial charge in [-0.05, 0) is 67.1 Å². The Morgan fingerprint density at radius 3 is 2.41 bits per heavy atom.